The summed E-state index contributed by atoms with van der Waals surface area (Å²) in [7, 11) is 0. The van der Waals surface area contributed by atoms with E-state index in [0.29, 0.717) is 13.1 Å². The first-order valence-electron chi connectivity index (χ1n) is 6.12. The molecule has 0 aliphatic rings. The van der Waals surface area contributed by atoms with E-state index in [-0.39, 0.29) is 11.8 Å². The molecule has 0 radical (unpaired) electrons. The zero-order chi connectivity index (χ0) is 12.7. The minimum absolute atomic E-state index is 0.0201. The van der Waals surface area contributed by atoms with Gasteiger partial charge < -0.3 is 10.6 Å². The number of hydrogen-bond donors (Lipinski definition) is 1. The SMILES string of the molecule is CCN(C(=O)C(C)CCCN)c1ccncc1. The monoisotopic (exact) mass is 235 g/mol. The molecule has 0 aromatic carbocycles. The maximum atomic E-state index is 12.2. The number of carbonyl (C=O) groups excluding carboxylic acids is 1. The highest BCUT2D eigenvalue weighted by molar-refractivity contribution is 5.94. The third-order valence-corrected chi connectivity index (χ3v) is 2.82. The summed E-state index contributed by atoms with van der Waals surface area (Å²) in [5.41, 5.74) is 6.37. The molecule has 1 heterocycles. The van der Waals surface area contributed by atoms with Gasteiger partial charge in [0.25, 0.3) is 0 Å². The van der Waals surface area contributed by atoms with Crippen molar-refractivity contribution in [2.24, 2.45) is 11.7 Å². The molecule has 1 amide bonds. The van der Waals surface area contributed by atoms with E-state index >= 15 is 0 Å². The summed E-state index contributed by atoms with van der Waals surface area (Å²) in [6.45, 7) is 5.25. The first kappa shape index (κ1) is 13.6. The molecule has 1 aromatic heterocycles. The molecule has 0 aliphatic heterocycles. The Morgan fingerprint density at radius 3 is 2.65 bits per heavy atom. The maximum absolute atomic E-state index is 12.2. The summed E-state index contributed by atoms with van der Waals surface area (Å²) in [4.78, 5) is 18.0. The summed E-state index contributed by atoms with van der Waals surface area (Å²) in [6, 6.07) is 3.72. The summed E-state index contributed by atoms with van der Waals surface area (Å²) in [5.74, 6) is 0.179. The molecule has 0 saturated heterocycles. The Balaban J connectivity index is 2.71. The molecule has 0 bridgehead atoms. The van der Waals surface area contributed by atoms with E-state index in [4.69, 9.17) is 5.73 Å². The van der Waals surface area contributed by atoms with E-state index in [1.165, 1.54) is 0 Å². The van der Waals surface area contributed by atoms with Crippen molar-refractivity contribution < 1.29 is 4.79 Å². The number of nitrogens with two attached hydrogens (primary N) is 1. The first-order chi connectivity index (χ1) is 8.20. The number of rotatable bonds is 6. The number of anilines is 1. The fourth-order valence-electron chi connectivity index (χ4n) is 1.80. The molecule has 0 aliphatic carbocycles. The highest BCUT2D eigenvalue weighted by Crippen LogP contribution is 2.17. The van der Waals surface area contributed by atoms with Crippen molar-refractivity contribution in [3.8, 4) is 0 Å². The molecular formula is C13H21N3O. The zero-order valence-electron chi connectivity index (χ0n) is 10.6. The maximum Gasteiger partial charge on any atom is 0.229 e. The Morgan fingerprint density at radius 1 is 1.47 bits per heavy atom. The van der Waals surface area contributed by atoms with Crippen molar-refractivity contribution >= 4 is 11.6 Å². The second kappa shape index (κ2) is 7.01. The third-order valence-electron chi connectivity index (χ3n) is 2.82. The fraction of sp³-hybridized carbons (Fsp3) is 0.538. The van der Waals surface area contributed by atoms with Gasteiger partial charge in [-0.3, -0.25) is 9.78 Å². The van der Waals surface area contributed by atoms with Gasteiger partial charge in [-0.1, -0.05) is 6.92 Å². The molecule has 2 N–H and O–H groups in total. The molecular weight excluding hydrogens is 214 g/mol. The summed E-state index contributed by atoms with van der Waals surface area (Å²) >= 11 is 0. The summed E-state index contributed by atoms with van der Waals surface area (Å²) in [6.07, 6.45) is 5.14. The highest BCUT2D eigenvalue weighted by Gasteiger charge is 2.19. The van der Waals surface area contributed by atoms with Gasteiger partial charge in [0.15, 0.2) is 0 Å². The van der Waals surface area contributed by atoms with Gasteiger partial charge in [0.2, 0.25) is 5.91 Å². The van der Waals surface area contributed by atoms with Crippen LogP contribution < -0.4 is 10.6 Å². The van der Waals surface area contributed by atoms with Crippen LogP contribution >= 0.6 is 0 Å². The predicted molar refractivity (Wildman–Crippen MR) is 69.7 cm³/mol. The van der Waals surface area contributed by atoms with E-state index in [2.05, 4.69) is 4.98 Å². The van der Waals surface area contributed by atoms with Gasteiger partial charge in [-0.2, -0.15) is 0 Å². The van der Waals surface area contributed by atoms with Crippen LogP contribution in [0.1, 0.15) is 26.7 Å². The smallest absolute Gasteiger partial charge is 0.229 e. The average molecular weight is 235 g/mol. The number of amides is 1. The van der Waals surface area contributed by atoms with Crippen molar-refractivity contribution in [1.82, 2.24) is 4.98 Å². The van der Waals surface area contributed by atoms with Gasteiger partial charge in [-0.05, 0) is 38.4 Å². The van der Waals surface area contributed by atoms with Crippen LogP contribution in [0.15, 0.2) is 24.5 Å². The van der Waals surface area contributed by atoms with Crippen LogP contribution in [0.5, 0.6) is 0 Å². The van der Waals surface area contributed by atoms with Crippen LogP contribution in [-0.2, 0) is 4.79 Å². The van der Waals surface area contributed by atoms with E-state index in [1.807, 2.05) is 26.0 Å². The summed E-state index contributed by atoms with van der Waals surface area (Å²) < 4.78 is 0. The van der Waals surface area contributed by atoms with Crippen LogP contribution in [-0.4, -0.2) is 24.0 Å². The van der Waals surface area contributed by atoms with Crippen LogP contribution in [0.3, 0.4) is 0 Å². The fourth-order valence-corrected chi connectivity index (χ4v) is 1.80. The summed E-state index contributed by atoms with van der Waals surface area (Å²) in [5, 5.41) is 0. The van der Waals surface area contributed by atoms with Crippen LogP contribution in [0.2, 0.25) is 0 Å². The molecule has 94 valence electrons. The number of nitrogens with zero attached hydrogens (tertiary/aromatic N) is 2. The van der Waals surface area contributed by atoms with Crippen molar-refractivity contribution in [3.63, 3.8) is 0 Å². The zero-order valence-corrected chi connectivity index (χ0v) is 10.6. The Morgan fingerprint density at radius 2 is 2.12 bits per heavy atom. The lowest BCUT2D eigenvalue weighted by Gasteiger charge is -2.24. The minimum Gasteiger partial charge on any atom is -0.330 e. The number of carbonyl (C=O) groups is 1. The molecule has 0 saturated carbocycles. The van der Waals surface area contributed by atoms with Gasteiger partial charge in [-0.15, -0.1) is 0 Å². The second-order valence-electron chi connectivity index (χ2n) is 4.12. The van der Waals surface area contributed by atoms with Crippen molar-refractivity contribution in [1.29, 1.82) is 0 Å². The topological polar surface area (TPSA) is 59.2 Å². The minimum atomic E-state index is 0.0201. The van der Waals surface area contributed by atoms with Gasteiger partial charge >= 0.3 is 0 Å². The van der Waals surface area contributed by atoms with Crippen molar-refractivity contribution in [3.05, 3.63) is 24.5 Å². The molecule has 0 spiro atoms. The molecule has 4 nitrogen and oxygen atoms in total. The Bertz CT molecular complexity index is 340. The van der Waals surface area contributed by atoms with Gasteiger partial charge in [-0.25, -0.2) is 0 Å². The predicted octanol–water partition coefficient (Wildman–Crippen LogP) is 1.81. The number of pyridine rings is 1. The molecule has 1 unspecified atom stereocenters. The highest BCUT2D eigenvalue weighted by atomic mass is 16.2. The quantitative estimate of drug-likeness (QED) is 0.818. The third kappa shape index (κ3) is 3.82. The molecule has 17 heavy (non-hydrogen) atoms. The number of aromatic nitrogens is 1. The van der Waals surface area contributed by atoms with E-state index < -0.39 is 0 Å². The van der Waals surface area contributed by atoms with E-state index in [0.717, 1.165) is 18.5 Å². The Kier molecular flexibility index (Phi) is 5.63. The lowest BCUT2D eigenvalue weighted by atomic mass is 10.0. The van der Waals surface area contributed by atoms with E-state index in [9.17, 15) is 4.79 Å². The van der Waals surface area contributed by atoms with Gasteiger partial charge in [0, 0.05) is 30.5 Å². The normalized spacial score (nSPS) is 12.2. The van der Waals surface area contributed by atoms with Crippen LogP contribution in [0.4, 0.5) is 5.69 Å². The molecule has 1 aromatic rings. The molecule has 4 heteroatoms. The standard InChI is InChI=1S/C13H21N3O/c1-3-16(12-6-9-15-10-7-12)13(17)11(2)5-4-8-14/h6-7,9-11H,3-5,8,14H2,1-2H3. The molecule has 1 rings (SSSR count). The average Bonchev–Trinajstić information content (AvgIpc) is 2.38. The Labute approximate surface area is 103 Å². The van der Waals surface area contributed by atoms with Crippen molar-refractivity contribution in [2.45, 2.75) is 26.7 Å². The number of hydrogen-bond acceptors (Lipinski definition) is 3. The first-order valence-corrected chi connectivity index (χ1v) is 6.12. The Hall–Kier alpha value is -1.42. The second-order valence-corrected chi connectivity index (χ2v) is 4.12. The lowest BCUT2D eigenvalue weighted by molar-refractivity contribution is -0.122. The van der Waals surface area contributed by atoms with Gasteiger partial charge in [0.05, 0.1) is 0 Å². The van der Waals surface area contributed by atoms with Crippen molar-refractivity contribution in [2.75, 3.05) is 18.0 Å². The van der Waals surface area contributed by atoms with Crippen LogP contribution in [0, 0.1) is 5.92 Å². The molecule has 0 fully saturated rings. The molecule has 1 atom stereocenters. The van der Waals surface area contributed by atoms with Crippen LogP contribution in [0.25, 0.3) is 0 Å². The lowest BCUT2D eigenvalue weighted by Crippen LogP contribution is -2.35. The van der Waals surface area contributed by atoms with Gasteiger partial charge in [0.1, 0.15) is 0 Å². The van der Waals surface area contributed by atoms with E-state index in [1.54, 1.807) is 17.3 Å². The largest absolute Gasteiger partial charge is 0.330 e.